The number of rotatable bonds is 4. The fourth-order valence-corrected chi connectivity index (χ4v) is 2.21. The molecule has 3 nitrogen and oxygen atoms in total. The van der Waals surface area contributed by atoms with E-state index in [4.69, 9.17) is 15.2 Å². The molecule has 1 aliphatic heterocycles. The van der Waals surface area contributed by atoms with Gasteiger partial charge in [0.25, 0.3) is 0 Å². The zero-order valence-corrected chi connectivity index (χ0v) is 12.2. The van der Waals surface area contributed by atoms with Crippen LogP contribution in [0.1, 0.15) is 39.2 Å². The van der Waals surface area contributed by atoms with Crippen molar-refractivity contribution in [3.8, 4) is 5.75 Å². The summed E-state index contributed by atoms with van der Waals surface area (Å²) in [4.78, 5) is 0. The van der Waals surface area contributed by atoms with E-state index in [-0.39, 0.29) is 17.6 Å². The highest BCUT2D eigenvalue weighted by atomic mass is 16.5. The number of nitrogens with two attached hydrogens (primary N) is 1. The van der Waals surface area contributed by atoms with Crippen LogP contribution in [0.2, 0.25) is 0 Å². The highest BCUT2D eigenvalue weighted by molar-refractivity contribution is 5.31. The van der Waals surface area contributed by atoms with Crippen LogP contribution in [-0.2, 0) is 10.2 Å². The van der Waals surface area contributed by atoms with Gasteiger partial charge in [0.2, 0.25) is 0 Å². The first-order valence-electron chi connectivity index (χ1n) is 7.13. The standard InChI is InChI=1S/C16H25NO2/c1-4-16(2,3)12-5-7-13(8-6-12)19-15-11-18-10-9-14(15)17/h5-8,14-15H,4,9-11,17H2,1-3H3. The Morgan fingerprint density at radius 3 is 2.58 bits per heavy atom. The molecule has 0 radical (unpaired) electrons. The molecule has 19 heavy (non-hydrogen) atoms. The van der Waals surface area contributed by atoms with E-state index in [1.54, 1.807) is 0 Å². The average Bonchev–Trinajstić information content (AvgIpc) is 2.42. The van der Waals surface area contributed by atoms with Crippen LogP contribution in [-0.4, -0.2) is 25.4 Å². The molecule has 1 aromatic rings. The van der Waals surface area contributed by atoms with Gasteiger partial charge in [-0.2, -0.15) is 0 Å². The van der Waals surface area contributed by atoms with Crippen molar-refractivity contribution >= 4 is 0 Å². The lowest BCUT2D eigenvalue weighted by Crippen LogP contribution is -2.46. The Balaban J connectivity index is 2.02. The van der Waals surface area contributed by atoms with Crippen LogP contribution in [0.3, 0.4) is 0 Å². The van der Waals surface area contributed by atoms with Crippen molar-refractivity contribution < 1.29 is 9.47 Å². The second-order valence-corrected chi connectivity index (χ2v) is 5.95. The second-order valence-electron chi connectivity index (χ2n) is 5.95. The molecule has 2 N–H and O–H groups in total. The summed E-state index contributed by atoms with van der Waals surface area (Å²) in [5.74, 6) is 0.876. The van der Waals surface area contributed by atoms with Crippen molar-refractivity contribution in [2.24, 2.45) is 5.73 Å². The molecule has 0 aromatic heterocycles. The van der Waals surface area contributed by atoms with E-state index in [0.29, 0.717) is 6.61 Å². The van der Waals surface area contributed by atoms with Crippen LogP contribution in [0, 0.1) is 0 Å². The number of hydrogen-bond acceptors (Lipinski definition) is 3. The monoisotopic (exact) mass is 263 g/mol. The Kier molecular flexibility index (Phi) is 4.48. The molecule has 0 bridgehead atoms. The topological polar surface area (TPSA) is 44.5 Å². The maximum atomic E-state index is 6.04. The summed E-state index contributed by atoms with van der Waals surface area (Å²) in [5.41, 5.74) is 7.59. The Labute approximate surface area is 116 Å². The molecule has 3 heteroatoms. The molecule has 1 aromatic carbocycles. The molecule has 2 unspecified atom stereocenters. The van der Waals surface area contributed by atoms with Crippen LogP contribution in [0.25, 0.3) is 0 Å². The average molecular weight is 263 g/mol. The van der Waals surface area contributed by atoms with Crippen LogP contribution < -0.4 is 10.5 Å². The molecular weight excluding hydrogens is 238 g/mol. The first-order chi connectivity index (χ1) is 9.03. The number of ether oxygens (including phenoxy) is 2. The van der Waals surface area contributed by atoms with Crippen LogP contribution in [0.15, 0.2) is 24.3 Å². The Hall–Kier alpha value is -1.06. The predicted octanol–water partition coefficient (Wildman–Crippen LogP) is 2.87. The Morgan fingerprint density at radius 1 is 1.32 bits per heavy atom. The molecule has 1 fully saturated rings. The van der Waals surface area contributed by atoms with Crippen molar-refractivity contribution in [1.29, 1.82) is 0 Å². The van der Waals surface area contributed by atoms with Crippen LogP contribution >= 0.6 is 0 Å². The van der Waals surface area contributed by atoms with Crippen LogP contribution in [0.5, 0.6) is 5.75 Å². The lowest BCUT2D eigenvalue weighted by Gasteiger charge is -2.29. The summed E-state index contributed by atoms with van der Waals surface area (Å²) in [6.07, 6.45) is 1.96. The SMILES string of the molecule is CCC(C)(C)c1ccc(OC2COCCC2N)cc1. The van der Waals surface area contributed by atoms with Gasteiger partial charge in [0.15, 0.2) is 0 Å². The maximum Gasteiger partial charge on any atom is 0.137 e. The van der Waals surface area contributed by atoms with E-state index < -0.39 is 0 Å². The zero-order valence-electron chi connectivity index (χ0n) is 12.2. The van der Waals surface area contributed by atoms with E-state index in [1.165, 1.54) is 5.56 Å². The highest BCUT2D eigenvalue weighted by Gasteiger charge is 2.24. The third-order valence-electron chi connectivity index (χ3n) is 4.16. The number of hydrogen-bond donors (Lipinski definition) is 1. The molecule has 2 rings (SSSR count). The van der Waals surface area contributed by atoms with Crippen molar-refractivity contribution in [1.82, 2.24) is 0 Å². The molecule has 1 heterocycles. The van der Waals surface area contributed by atoms with Gasteiger partial charge >= 0.3 is 0 Å². The van der Waals surface area contributed by atoms with Gasteiger partial charge in [0, 0.05) is 12.6 Å². The van der Waals surface area contributed by atoms with Crippen LogP contribution in [0.4, 0.5) is 0 Å². The summed E-state index contributed by atoms with van der Waals surface area (Å²) >= 11 is 0. The summed E-state index contributed by atoms with van der Waals surface area (Å²) in [5, 5.41) is 0. The Bertz CT molecular complexity index is 400. The zero-order chi connectivity index (χ0) is 13.9. The molecule has 0 amide bonds. The molecular formula is C16H25NO2. The van der Waals surface area contributed by atoms with E-state index in [0.717, 1.165) is 25.2 Å². The highest BCUT2D eigenvalue weighted by Crippen LogP contribution is 2.28. The van der Waals surface area contributed by atoms with E-state index in [2.05, 4.69) is 32.9 Å². The molecule has 0 saturated carbocycles. The van der Waals surface area contributed by atoms with Gasteiger partial charge in [-0.15, -0.1) is 0 Å². The summed E-state index contributed by atoms with van der Waals surface area (Å²) in [7, 11) is 0. The van der Waals surface area contributed by atoms with Crippen molar-refractivity contribution in [3.05, 3.63) is 29.8 Å². The minimum absolute atomic E-state index is 0.0289. The largest absolute Gasteiger partial charge is 0.486 e. The fraction of sp³-hybridized carbons (Fsp3) is 0.625. The minimum atomic E-state index is -0.0289. The molecule has 0 spiro atoms. The van der Waals surface area contributed by atoms with Crippen molar-refractivity contribution in [3.63, 3.8) is 0 Å². The van der Waals surface area contributed by atoms with E-state index >= 15 is 0 Å². The summed E-state index contributed by atoms with van der Waals surface area (Å²) in [6.45, 7) is 8.05. The van der Waals surface area contributed by atoms with Gasteiger partial charge in [-0.1, -0.05) is 32.9 Å². The van der Waals surface area contributed by atoms with Gasteiger partial charge in [0.05, 0.1) is 6.61 Å². The summed E-state index contributed by atoms with van der Waals surface area (Å²) in [6, 6.07) is 8.44. The van der Waals surface area contributed by atoms with E-state index in [1.807, 2.05) is 12.1 Å². The Morgan fingerprint density at radius 2 is 2.00 bits per heavy atom. The first-order valence-corrected chi connectivity index (χ1v) is 7.13. The quantitative estimate of drug-likeness (QED) is 0.908. The van der Waals surface area contributed by atoms with Crippen molar-refractivity contribution in [2.45, 2.75) is 51.2 Å². The normalized spacial score (nSPS) is 24.2. The van der Waals surface area contributed by atoms with Gasteiger partial charge in [-0.3, -0.25) is 0 Å². The lowest BCUT2D eigenvalue weighted by molar-refractivity contribution is -0.00532. The van der Waals surface area contributed by atoms with Gasteiger partial charge in [-0.05, 0) is 36.0 Å². The predicted molar refractivity (Wildman–Crippen MR) is 77.6 cm³/mol. The number of benzene rings is 1. The molecule has 0 aliphatic carbocycles. The third-order valence-corrected chi connectivity index (χ3v) is 4.16. The van der Waals surface area contributed by atoms with Gasteiger partial charge in [0.1, 0.15) is 11.9 Å². The van der Waals surface area contributed by atoms with Crippen molar-refractivity contribution in [2.75, 3.05) is 13.2 Å². The molecule has 1 aliphatic rings. The molecule has 106 valence electrons. The third kappa shape index (κ3) is 3.48. The maximum absolute atomic E-state index is 6.04. The molecule has 1 saturated heterocycles. The second kappa shape index (κ2) is 5.93. The van der Waals surface area contributed by atoms with Gasteiger partial charge < -0.3 is 15.2 Å². The minimum Gasteiger partial charge on any atom is -0.486 e. The molecule has 2 atom stereocenters. The summed E-state index contributed by atoms with van der Waals surface area (Å²) < 4.78 is 11.3. The first kappa shape index (κ1) is 14.4. The smallest absolute Gasteiger partial charge is 0.137 e. The van der Waals surface area contributed by atoms with Gasteiger partial charge in [-0.25, -0.2) is 0 Å². The van der Waals surface area contributed by atoms with E-state index in [9.17, 15) is 0 Å². The lowest BCUT2D eigenvalue weighted by atomic mass is 9.82. The fourth-order valence-electron chi connectivity index (χ4n) is 2.21.